The molecule has 6 fully saturated rings. The topological polar surface area (TPSA) is 0 Å². The summed E-state index contributed by atoms with van der Waals surface area (Å²) in [6, 6.07) is 10.2. The molecule has 1 aromatic rings. The first-order valence-corrected chi connectivity index (χ1v) is 25.0. The average Bonchev–Trinajstić information content (AvgIpc) is 3.15. The average molecular weight is 752 g/mol. The van der Waals surface area contributed by atoms with Gasteiger partial charge in [0.05, 0.1) is 0 Å². The Morgan fingerprint density at radius 2 is 0.565 bits per heavy atom. The van der Waals surface area contributed by atoms with Crippen LogP contribution in [0.15, 0.2) is 30.3 Å². The van der Waals surface area contributed by atoms with Gasteiger partial charge in [0.15, 0.2) is 0 Å². The molecule has 0 unspecified atom stereocenters. The van der Waals surface area contributed by atoms with Crippen LogP contribution in [-0.2, 0) is 17.9 Å². The van der Waals surface area contributed by atoms with Gasteiger partial charge in [-0.05, 0) is 111 Å². The van der Waals surface area contributed by atoms with Crippen LogP contribution in [0.3, 0.4) is 0 Å². The predicted octanol–water partition coefficient (Wildman–Crippen LogP) is 14.3. The zero-order valence-corrected chi connectivity index (χ0v) is 33.4. The van der Waals surface area contributed by atoms with Crippen molar-refractivity contribution in [2.45, 2.75) is 227 Å². The van der Waals surface area contributed by atoms with E-state index in [9.17, 15) is 0 Å². The summed E-state index contributed by atoms with van der Waals surface area (Å²) in [5.41, 5.74) is 8.39. The minimum absolute atomic E-state index is 0.385. The molecule has 6 aliphatic carbocycles. The number of hydrogen-bond acceptors (Lipinski definition) is 0. The van der Waals surface area contributed by atoms with E-state index in [4.69, 9.17) is 0 Å². The SMILES string of the molecule is C1CCC(P(C2CCCCC2)C2CCCCC2)CC1.C1CCC(P(C2CCCCC2)C2CCCCC2)CC1.[Ru]=[CH]c1ccccc1. The van der Waals surface area contributed by atoms with Gasteiger partial charge in [0.1, 0.15) is 0 Å². The van der Waals surface area contributed by atoms with Crippen LogP contribution >= 0.6 is 15.8 Å². The molecule has 0 N–H and O–H groups in total. The molecule has 0 nitrogen and oxygen atoms in total. The van der Waals surface area contributed by atoms with E-state index >= 15 is 0 Å². The zero-order chi connectivity index (χ0) is 31.7. The van der Waals surface area contributed by atoms with Gasteiger partial charge in [0, 0.05) is 0 Å². The molecule has 0 saturated heterocycles. The molecule has 6 saturated carbocycles. The first kappa shape index (κ1) is 37.8. The molecule has 6 aliphatic rings. The van der Waals surface area contributed by atoms with E-state index < -0.39 is 0 Å². The predicted molar refractivity (Wildman–Crippen MR) is 207 cm³/mol. The Hall–Kier alpha value is 0.573. The van der Waals surface area contributed by atoms with E-state index in [1.165, 1.54) is 78.0 Å². The Morgan fingerprint density at radius 3 is 0.739 bits per heavy atom. The zero-order valence-electron chi connectivity index (χ0n) is 29.9. The van der Waals surface area contributed by atoms with E-state index in [0.717, 1.165) is 0 Å². The van der Waals surface area contributed by atoms with Crippen molar-refractivity contribution in [1.29, 1.82) is 0 Å². The Bertz CT molecular complexity index is 758. The summed E-state index contributed by atoms with van der Waals surface area (Å²) >= 11 is 2.48. The summed E-state index contributed by atoms with van der Waals surface area (Å²) < 4.78 is 2.01. The van der Waals surface area contributed by atoms with Gasteiger partial charge in [0.25, 0.3) is 0 Å². The molecule has 7 rings (SSSR count). The van der Waals surface area contributed by atoms with E-state index in [2.05, 4.69) is 30.0 Å². The molecule has 0 bridgehead atoms. The van der Waals surface area contributed by atoms with Gasteiger partial charge < -0.3 is 0 Å². The van der Waals surface area contributed by atoms with Gasteiger partial charge in [-0.3, -0.25) is 0 Å². The molecule has 0 aliphatic heterocycles. The molecule has 0 radical (unpaired) electrons. The second-order valence-electron chi connectivity index (χ2n) is 16.2. The van der Waals surface area contributed by atoms with E-state index in [-0.39, 0.29) is 0 Å². The van der Waals surface area contributed by atoms with Crippen LogP contribution in [0.1, 0.15) is 198 Å². The fraction of sp³-hybridized carbons (Fsp3) is 0.837. The van der Waals surface area contributed by atoms with Crippen LogP contribution in [0.2, 0.25) is 0 Å². The molecule has 0 aromatic heterocycles. The first-order valence-electron chi connectivity index (χ1n) is 20.9. The van der Waals surface area contributed by atoms with Gasteiger partial charge in [-0.25, -0.2) is 0 Å². The van der Waals surface area contributed by atoms with Crippen molar-refractivity contribution in [3.05, 3.63) is 35.9 Å². The van der Waals surface area contributed by atoms with Crippen molar-refractivity contribution < 1.29 is 17.9 Å². The second-order valence-corrected chi connectivity index (χ2v) is 22.8. The quantitative estimate of drug-likeness (QED) is 0.192. The summed E-state index contributed by atoms with van der Waals surface area (Å²) in [6.45, 7) is 0. The molecule has 0 atom stereocenters. The Balaban J connectivity index is 0.000000147. The first-order chi connectivity index (χ1) is 22.8. The molecule has 46 heavy (non-hydrogen) atoms. The van der Waals surface area contributed by atoms with Crippen LogP contribution in [-0.4, -0.2) is 38.6 Å². The third-order valence-electron chi connectivity index (χ3n) is 12.9. The maximum absolute atomic E-state index is 2.48. The molecule has 262 valence electrons. The Labute approximate surface area is 299 Å². The standard InChI is InChI=1S/2C18H33P.C7H6.Ru/c2*1-4-10-16(11-5-1)19(17-12-6-2-7-13-17)18-14-8-3-9-15-18;1-7-5-3-2-4-6-7;/h2*16-18H,1-15H2;1-6H;. The second kappa shape index (κ2) is 22.4. The third-order valence-corrected chi connectivity index (χ3v) is 21.6. The van der Waals surface area contributed by atoms with E-state index in [1.54, 1.807) is 154 Å². The molecular formula is C43H72P2Ru. The molecule has 3 heteroatoms. The van der Waals surface area contributed by atoms with Crippen molar-refractivity contribution >= 4 is 20.5 Å². The summed E-state index contributed by atoms with van der Waals surface area (Å²) in [5, 5.41) is 0. The fourth-order valence-electron chi connectivity index (χ4n) is 10.6. The molecule has 0 heterocycles. The van der Waals surface area contributed by atoms with Crippen LogP contribution in [0.5, 0.6) is 0 Å². The Morgan fingerprint density at radius 1 is 0.348 bits per heavy atom. The van der Waals surface area contributed by atoms with Crippen molar-refractivity contribution in [3.8, 4) is 0 Å². The molecule has 0 amide bonds. The molecule has 0 spiro atoms. The van der Waals surface area contributed by atoms with Crippen LogP contribution in [0, 0.1) is 0 Å². The minimum atomic E-state index is 0.385. The van der Waals surface area contributed by atoms with Crippen LogP contribution < -0.4 is 0 Å². The summed E-state index contributed by atoms with van der Waals surface area (Å²) in [4.78, 5) is 0. The molecular weight excluding hydrogens is 679 g/mol. The maximum atomic E-state index is 2.48. The van der Waals surface area contributed by atoms with Crippen molar-refractivity contribution in [2.75, 3.05) is 0 Å². The van der Waals surface area contributed by atoms with Gasteiger partial charge >= 0.3 is 58.4 Å². The van der Waals surface area contributed by atoms with Crippen molar-refractivity contribution in [1.82, 2.24) is 0 Å². The summed E-state index contributed by atoms with van der Waals surface area (Å²) in [5.74, 6) is 0. The van der Waals surface area contributed by atoms with E-state index in [0.29, 0.717) is 15.8 Å². The molecule has 1 aromatic carbocycles. The summed E-state index contributed by atoms with van der Waals surface area (Å²) in [6.07, 6.45) is 47.2. The van der Waals surface area contributed by atoms with E-state index in [1.807, 2.05) is 22.8 Å². The number of benzene rings is 1. The van der Waals surface area contributed by atoms with Crippen LogP contribution in [0.4, 0.5) is 0 Å². The van der Waals surface area contributed by atoms with Gasteiger partial charge in [-0.1, -0.05) is 131 Å². The summed E-state index contributed by atoms with van der Waals surface area (Å²) in [7, 11) is 0.770. The van der Waals surface area contributed by atoms with Crippen molar-refractivity contribution in [2.24, 2.45) is 0 Å². The third kappa shape index (κ3) is 12.4. The van der Waals surface area contributed by atoms with Crippen molar-refractivity contribution in [3.63, 3.8) is 0 Å². The Kier molecular flexibility index (Phi) is 18.4. The number of hydrogen-bond donors (Lipinski definition) is 0. The number of rotatable bonds is 7. The van der Waals surface area contributed by atoms with Crippen LogP contribution in [0.25, 0.3) is 0 Å². The fourth-order valence-corrected chi connectivity index (χ4v) is 20.3. The van der Waals surface area contributed by atoms with Gasteiger partial charge in [0.2, 0.25) is 0 Å². The normalized spacial score (nSPS) is 25.4. The monoisotopic (exact) mass is 752 g/mol. The van der Waals surface area contributed by atoms with Gasteiger partial charge in [-0.15, -0.1) is 0 Å². The van der Waals surface area contributed by atoms with Gasteiger partial charge in [-0.2, -0.15) is 0 Å².